The minimum absolute atomic E-state index is 0.130. The number of hydrogen-bond acceptors (Lipinski definition) is 2. The Morgan fingerprint density at radius 2 is 2.18 bits per heavy atom. The summed E-state index contributed by atoms with van der Waals surface area (Å²) in [4.78, 5) is 11.2. The molecule has 0 amide bonds. The molecule has 0 bridgehead atoms. The molecule has 0 saturated heterocycles. The van der Waals surface area contributed by atoms with E-state index < -0.39 is 0 Å². The summed E-state index contributed by atoms with van der Waals surface area (Å²) >= 11 is 0. The van der Waals surface area contributed by atoms with Crippen LogP contribution in [-0.4, -0.2) is 17.5 Å². The molecular formula is C9H18O2. The molecule has 2 nitrogen and oxygen atoms in total. The molecule has 1 N–H and O–H groups in total. The Labute approximate surface area is 68.6 Å². The Hall–Kier alpha value is -0.370. The summed E-state index contributed by atoms with van der Waals surface area (Å²) in [6.07, 6.45) is 3.20. The van der Waals surface area contributed by atoms with Gasteiger partial charge >= 0.3 is 0 Å². The second kappa shape index (κ2) is 6.35. The van der Waals surface area contributed by atoms with Crippen LogP contribution in [-0.2, 0) is 4.79 Å². The second-order valence-corrected chi connectivity index (χ2v) is 2.98. The van der Waals surface area contributed by atoms with E-state index in [0.717, 1.165) is 12.8 Å². The van der Waals surface area contributed by atoms with Crippen LogP contribution >= 0.6 is 0 Å². The van der Waals surface area contributed by atoms with E-state index in [1.165, 1.54) is 0 Å². The average Bonchev–Trinajstić information content (AvgIpc) is 2.00. The summed E-state index contributed by atoms with van der Waals surface area (Å²) in [6.45, 7) is 4.17. The number of carbonyl (C=O) groups is 1. The average molecular weight is 158 g/mol. The lowest BCUT2D eigenvalue weighted by Gasteiger charge is -2.07. The molecule has 0 aliphatic carbocycles. The highest BCUT2D eigenvalue weighted by Crippen LogP contribution is 2.09. The maximum atomic E-state index is 11.2. The highest BCUT2D eigenvalue weighted by atomic mass is 16.3. The molecule has 0 saturated carbocycles. The summed E-state index contributed by atoms with van der Waals surface area (Å²) in [5.74, 6) is 0.479. The van der Waals surface area contributed by atoms with Gasteiger partial charge in [0.2, 0.25) is 0 Å². The Morgan fingerprint density at radius 1 is 1.55 bits per heavy atom. The fraction of sp³-hybridized carbons (Fsp3) is 0.889. The minimum atomic E-state index is 0.130. The van der Waals surface area contributed by atoms with Crippen molar-refractivity contribution in [3.63, 3.8) is 0 Å². The molecule has 0 aliphatic heterocycles. The predicted molar refractivity (Wildman–Crippen MR) is 45.4 cm³/mol. The summed E-state index contributed by atoms with van der Waals surface area (Å²) < 4.78 is 0. The zero-order valence-corrected chi connectivity index (χ0v) is 7.47. The number of rotatable bonds is 6. The first kappa shape index (κ1) is 10.6. The molecule has 2 heteroatoms. The molecule has 0 aliphatic rings. The third kappa shape index (κ3) is 4.96. The molecule has 1 atom stereocenters. The lowest BCUT2D eigenvalue weighted by molar-refractivity contribution is -0.122. The lowest BCUT2D eigenvalue weighted by atomic mass is 9.98. The van der Waals surface area contributed by atoms with Crippen molar-refractivity contribution >= 4 is 5.78 Å². The van der Waals surface area contributed by atoms with Gasteiger partial charge in [0, 0.05) is 18.9 Å². The molecule has 0 aromatic rings. The Kier molecular flexibility index (Phi) is 6.13. The van der Waals surface area contributed by atoms with Gasteiger partial charge in [-0.25, -0.2) is 0 Å². The predicted octanol–water partition coefficient (Wildman–Crippen LogP) is 1.76. The molecule has 0 aromatic carbocycles. The molecule has 0 spiro atoms. The van der Waals surface area contributed by atoms with E-state index in [-0.39, 0.29) is 12.5 Å². The molecule has 0 heterocycles. The first-order chi connectivity index (χ1) is 5.22. The number of hydrogen-bond donors (Lipinski definition) is 1. The molecule has 1 unspecified atom stereocenters. The molecule has 0 rings (SSSR count). The van der Waals surface area contributed by atoms with Gasteiger partial charge in [0.25, 0.3) is 0 Å². The molecule has 0 aromatic heterocycles. The van der Waals surface area contributed by atoms with Crippen LogP contribution in [0.3, 0.4) is 0 Å². The van der Waals surface area contributed by atoms with Crippen LogP contribution in [0, 0.1) is 5.92 Å². The quantitative estimate of drug-likeness (QED) is 0.639. The van der Waals surface area contributed by atoms with E-state index in [0.29, 0.717) is 18.6 Å². The van der Waals surface area contributed by atoms with Crippen molar-refractivity contribution in [3.8, 4) is 0 Å². The van der Waals surface area contributed by atoms with Crippen molar-refractivity contribution in [3.05, 3.63) is 0 Å². The number of ketones is 1. The number of aliphatic hydroxyl groups is 1. The highest BCUT2D eigenvalue weighted by molar-refractivity contribution is 5.80. The molecule has 11 heavy (non-hydrogen) atoms. The van der Waals surface area contributed by atoms with Gasteiger partial charge in [0.05, 0.1) is 0 Å². The monoisotopic (exact) mass is 158 g/mol. The molecule has 66 valence electrons. The molecule has 0 fully saturated rings. The van der Waals surface area contributed by atoms with Gasteiger partial charge < -0.3 is 5.11 Å². The van der Waals surface area contributed by atoms with Crippen molar-refractivity contribution in [2.45, 2.75) is 39.5 Å². The van der Waals surface area contributed by atoms with Crippen molar-refractivity contribution in [2.75, 3.05) is 6.61 Å². The van der Waals surface area contributed by atoms with Crippen molar-refractivity contribution in [1.29, 1.82) is 0 Å². The zero-order chi connectivity index (χ0) is 8.69. The van der Waals surface area contributed by atoms with Crippen LogP contribution in [0.5, 0.6) is 0 Å². The second-order valence-electron chi connectivity index (χ2n) is 2.98. The van der Waals surface area contributed by atoms with Gasteiger partial charge in [0.15, 0.2) is 0 Å². The van der Waals surface area contributed by atoms with Gasteiger partial charge in [-0.05, 0) is 12.8 Å². The van der Waals surface area contributed by atoms with E-state index in [2.05, 4.69) is 6.92 Å². The maximum absolute atomic E-state index is 11.2. The summed E-state index contributed by atoms with van der Waals surface area (Å²) in [5, 5.41) is 8.47. The van der Waals surface area contributed by atoms with Crippen molar-refractivity contribution < 1.29 is 9.90 Å². The number of Topliss-reactive ketones (excluding diaryl/α,β-unsaturated/α-hetero) is 1. The van der Waals surface area contributed by atoms with Crippen LogP contribution in [0.4, 0.5) is 0 Å². The van der Waals surface area contributed by atoms with Gasteiger partial charge in [-0.3, -0.25) is 4.79 Å². The van der Waals surface area contributed by atoms with E-state index in [9.17, 15) is 4.79 Å². The standard InChI is InChI=1S/C9H18O2/c1-3-5-8(2)9(11)6-4-7-10/h8,10H,3-7H2,1-2H3. The third-order valence-electron chi connectivity index (χ3n) is 1.85. The summed E-state index contributed by atoms with van der Waals surface area (Å²) in [7, 11) is 0. The third-order valence-corrected chi connectivity index (χ3v) is 1.85. The largest absolute Gasteiger partial charge is 0.396 e. The van der Waals surface area contributed by atoms with Gasteiger partial charge in [-0.15, -0.1) is 0 Å². The zero-order valence-electron chi connectivity index (χ0n) is 7.47. The first-order valence-corrected chi connectivity index (χ1v) is 4.36. The number of carbonyl (C=O) groups excluding carboxylic acids is 1. The van der Waals surface area contributed by atoms with Crippen LogP contribution in [0.1, 0.15) is 39.5 Å². The Balaban J connectivity index is 3.47. The van der Waals surface area contributed by atoms with Crippen LogP contribution in [0.25, 0.3) is 0 Å². The maximum Gasteiger partial charge on any atom is 0.135 e. The first-order valence-electron chi connectivity index (χ1n) is 4.36. The van der Waals surface area contributed by atoms with Gasteiger partial charge in [-0.2, -0.15) is 0 Å². The summed E-state index contributed by atoms with van der Waals surface area (Å²) in [6, 6.07) is 0. The van der Waals surface area contributed by atoms with E-state index in [4.69, 9.17) is 5.11 Å². The molecular weight excluding hydrogens is 140 g/mol. The smallest absolute Gasteiger partial charge is 0.135 e. The van der Waals surface area contributed by atoms with Crippen molar-refractivity contribution in [2.24, 2.45) is 5.92 Å². The van der Waals surface area contributed by atoms with Gasteiger partial charge in [0.1, 0.15) is 5.78 Å². The fourth-order valence-electron chi connectivity index (χ4n) is 1.09. The Bertz CT molecular complexity index is 110. The van der Waals surface area contributed by atoms with Gasteiger partial charge in [-0.1, -0.05) is 20.3 Å². The van der Waals surface area contributed by atoms with Crippen LogP contribution < -0.4 is 0 Å². The highest BCUT2D eigenvalue weighted by Gasteiger charge is 2.10. The number of aliphatic hydroxyl groups excluding tert-OH is 1. The normalized spacial score (nSPS) is 13.0. The topological polar surface area (TPSA) is 37.3 Å². The SMILES string of the molecule is CCCC(C)C(=O)CCCO. The summed E-state index contributed by atoms with van der Waals surface area (Å²) in [5.41, 5.74) is 0. The van der Waals surface area contributed by atoms with E-state index in [1.807, 2.05) is 6.92 Å². The van der Waals surface area contributed by atoms with E-state index in [1.54, 1.807) is 0 Å². The fourth-order valence-corrected chi connectivity index (χ4v) is 1.09. The minimum Gasteiger partial charge on any atom is -0.396 e. The van der Waals surface area contributed by atoms with Crippen LogP contribution in [0.15, 0.2) is 0 Å². The lowest BCUT2D eigenvalue weighted by Crippen LogP contribution is -2.10. The van der Waals surface area contributed by atoms with Crippen molar-refractivity contribution in [1.82, 2.24) is 0 Å². The van der Waals surface area contributed by atoms with E-state index >= 15 is 0 Å². The Morgan fingerprint density at radius 3 is 2.64 bits per heavy atom. The van der Waals surface area contributed by atoms with Crippen LogP contribution in [0.2, 0.25) is 0 Å². The molecule has 0 radical (unpaired) electrons.